The van der Waals surface area contributed by atoms with E-state index in [2.05, 4.69) is 34.9 Å². The number of fused-ring (bicyclic) bond motifs is 3. The second-order valence-corrected chi connectivity index (χ2v) is 7.88. The van der Waals surface area contributed by atoms with E-state index < -0.39 is 18.0 Å². The molecule has 0 aliphatic heterocycles. The van der Waals surface area contributed by atoms with Gasteiger partial charge in [-0.05, 0) is 35.6 Å². The van der Waals surface area contributed by atoms with Crippen LogP contribution in [0.1, 0.15) is 37.3 Å². The van der Waals surface area contributed by atoms with E-state index in [-0.39, 0.29) is 31.5 Å². The minimum absolute atomic E-state index is 0.00981. The van der Waals surface area contributed by atoms with Crippen LogP contribution in [0.15, 0.2) is 60.2 Å². The standard InChI is InChI=1S/C25H28N2O5/c1-16(23(28)26-13-12-17(2)24(29)30)11-14-27-25(31)32-15-22-20-9-5-3-7-18(20)19-8-4-6-10-21(19)22/h3-11,17,22H,12-15H2,1-2H3,(H,26,28)(H,27,31)(H,29,30)/b16-11+. The number of carbonyl (C=O) groups is 3. The number of ether oxygens (including phenoxy) is 1. The predicted octanol–water partition coefficient (Wildman–Crippen LogP) is 3.70. The summed E-state index contributed by atoms with van der Waals surface area (Å²) in [5.74, 6) is -1.71. The van der Waals surface area contributed by atoms with Crippen LogP contribution in [0, 0.1) is 5.92 Å². The van der Waals surface area contributed by atoms with Crippen molar-refractivity contribution in [2.75, 3.05) is 19.7 Å². The van der Waals surface area contributed by atoms with Crippen LogP contribution in [0.3, 0.4) is 0 Å². The highest BCUT2D eigenvalue weighted by Crippen LogP contribution is 2.44. The summed E-state index contributed by atoms with van der Waals surface area (Å²) in [6.07, 6.45) is 1.40. The van der Waals surface area contributed by atoms with Gasteiger partial charge in [-0.25, -0.2) is 4.79 Å². The van der Waals surface area contributed by atoms with Crippen molar-refractivity contribution in [3.63, 3.8) is 0 Å². The van der Waals surface area contributed by atoms with Gasteiger partial charge in [0.1, 0.15) is 6.61 Å². The van der Waals surface area contributed by atoms with Crippen molar-refractivity contribution in [3.8, 4) is 11.1 Å². The summed E-state index contributed by atoms with van der Waals surface area (Å²) < 4.78 is 5.46. The van der Waals surface area contributed by atoms with Crippen molar-refractivity contribution in [3.05, 3.63) is 71.3 Å². The molecule has 32 heavy (non-hydrogen) atoms. The van der Waals surface area contributed by atoms with Gasteiger partial charge in [-0.1, -0.05) is 61.5 Å². The molecule has 0 bridgehead atoms. The molecule has 0 radical (unpaired) electrons. The molecule has 168 valence electrons. The number of rotatable bonds is 9. The lowest BCUT2D eigenvalue weighted by Crippen LogP contribution is -2.29. The number of aliphatic carboxylic acids is 1. The van der Waals surface area contributed by atoms with E-state index in [4.69, 9.17) is 9.84 Å². The number of hydrogen-bond donors (Lipinski definition) is 3. The fraction of sp³-hybridized carbons (Fsp3) is 0.320. The van der Waals surface area contributed by atoms with E-state index in [9.17, 15) is 14.4 Å². The maximum atomic E-state index is 12.2. The molecule has 3 N–H and O–H groups in total. The Balaban J connectivity index is 1.46. The van der Waals surface area contributed by atoms with Gasteiger partial charge in [0.15, 0.2) is 0 Å². The normalized spacial score (nSPS) is 13.6. The van der Waals surface area contributed by atoms with Gasteiger partial charge >= 0.3 is 12.1 Å². The number of amides is 2. The lowest BCUT2D eigenvalue weighted by molar-refractivity contribution is -0.141. The summed E-state index contributed by atoms with van der Waals surface area (Å²) in [5, 5.41) is 14.2. The van der Waals surface area contributed by atoms with Crippen LogP contribution >= 0.6 is 0 Å². The van der Waals surface area contributed by atoms with E-state index in [0.29, 0.717) is 12.0 Å². The lowest BCUT2D eigenvalue weighted by atomic mass is 9.98. The minimum atomic E-state index is -0.890. The van der Waals surface area contributed by atoms with Crippen molar-refractivity contribution >= 4 is 18.0 Å². The number of hydrogen-bond acceptors (Lipinski definition) is 4. The molecule has 2 aromatic carbocycles. The molecule has 3 rings (SSSR count). The first-order valence-electron chi connectivity index (χ1n) is 10.6. The fourth-order valence-corrected chi connectivity index (χ4v) is 3.69. The first-order valence-corrected chi connectivity index (χ1v) is 10.6. The molecule has 1 aliphatic rings. The summed E-state index contributed by atoms with van der Waals surface area (Å²) in [7, 11) is 0. The van der Waals surface area contributed by atoms with E-state index in [1.165, 1.54) is 11.1 Å². The first kappa shape index (κ1) is 23.1. The molecule has 0 heterocycles. The molecule has 2 amide bonds. The topological polar surface area (TPSA) is 105 Å². The maximum absolute atomic E-state index is 12.2. The Morgan fingerprint density at radius 1 is 1.03 bits per heavy atom. The first-order chi connectivity index (χ1) is 15.4. The number of carboxylic acids is 1. The van der Waals surface area contributed by atoms with Crippen molar-refractivity contribution in [1.82, 2.24) is 10.6 Å². The van der Waals surface area contributed by atoms with Crippen LogP contribution in [0.2, 0.25) is 0 Å². The highest BCUT2D eigenvalue weighted by atomic mass is 16.5. The second kappa shape index (κ2) is 10.6. The summed E-state index contributed by atoms with van der Waals surface area (Å²) >= 11 is 0. The molecule has 1 atom stereocenters. The Hall–Kier alpha value is -3.61. The third-order valence-electron chi connectivity index (χ3n) is 5.64. The summed E-state index contributed by atoms with van der Waals surface area (Å²) in [4.78, 5) is 35.0. The van der Waals surface area contributed by atoms with Gasteiger partial charge in [-0.2, -0.15) is 0 Å². The molecular weight excluding hydrogens is 408 g/mol. The van der Waals surface area contributed by atoms with Gasteiger partial charge in [0, 0.05) is 24.6 Å². The molecule has 7 heteroatoms. The third kappa shape index (κ3) is 5.55. The van der Waals surface area contributed by atoms with E-state index in [1.54, 1.807) is 19.9 Å². The Bertz CT molecular complexity index is 985. The van der Waals surface area contributed by atoms with Crippen LogP contribution in [-0.2, 0) is 14.3 Å². The molecule has 0 spiro atoms. The Morgan fingerprint density at radius 3 is 2.22 bits per heavy atom. The summed E-state index contributed by atoms with van der Waals surface area (Å²) in [6, 6.07) is 16.3. The van der Waals surface area contributed by atoms with Crippen molar-refractivity contribution in [2.24, 2.45) is 5.92 Å². The third-order valence-corrected chi connectivity index (χ3v) is 5.64. The quantitative estimate of drug-likeness (QED) is 0.520. The highest BCUT2D eigenvalue weighted by molar-refractivity contribution is 5.92. The average Bonchev–Trinajstić information content (AvgIpc) is 3.11. The zero-order valence-corrected chi connectivity index (χ0v) is 18.3. The maximum Gasteiger partial charge on any atom is 0.407 e. The molecule has 1 unspecified atom stereocenters. The average molecular weight is 437 g/mol. The number of nitrogens with one attached hydrogen (secondary N) is 2. The molecule has 0 saturated heterocycles. The molecule has 1 aliphatic carbocycles. The van der Waals surface area contributed by atoms with E-state index >= 15 is 0 Å². The number of benzene rings is 2. The van der Waals surface area contributed by atoms with Crippen LogP contribution in [0.25, 0.3) is 11.1 Å². The molecule has 2 aromatic rings. The molecule has 0 aromatic heterocycles. The van der Waals surface area contributed by atoms with Gasteiger partial charge in [-0.3, -0.25) is 9.59 Å². The van der Waals surface area contributed by atoms with Gasteiger partial charge in [-0.15, -0.1) is 0 Å². The predicted molar refractivity (Wildman–Crippen MR) is 121 cm³/mol. The molecule has 7 nitrogen and oxygen atoms in total. The van der Waals surface area contributed by atoms with Crippen LogP contribution < -0.4 is 10.6 Å². The highest BCUT2D eigenvalue weighted by Gasteiger charge is 2.28. The Morgan fingerprint density at radius 2 is 1.62 bits per heavy atom. The lowest BCUT2D eigenvalue weighted by Gasteiger charge is -2.14. The second-order valence-electron chi connectivity index (χ2n) is 7.88. The van der Waals surface area contributed by atoms with Gasteiger partial charge < -0.3 is 20.5 Å². The molecular formula is C25H28N2O5. The monoisotopic (exact) mass is 436 g/mol. The molecule has 0 saturated carbocycles. The molecule has 0 fully saturated rings. The van der Waals surface area contributed by atoms with Crippen molar-refractivity contribution in [2.45, 2.75) is 26.2 Å². The van der Waals surface area contributed by atoms with Crippen molar-refractivity contribution in [1.29, 1.82) is 0 Å². The Kier molecular flexibility index (Phi) is 7.65. The van der Waals surface area contributed by atoms with Gasteiger partial charge in [0.25, 0.3) is 0 Å². The van der Waals surface area contributed by atoms with Crippen LogP contribution in [-0.4, -0.2) is 42.8 Å². The zero-order valence-electron chi connectivity index (χ0n) is 18.3. The largest absolute Gasteiger partial charge is 0.481 e. The Labute approximate surface area is 187 Å². The zero-order chi connectivity index (χ0) is 23.1. The van der Waals surface area contributed by atoms with Crippen LogP contribution in [0.5, 0.6) is 0 Å². The minimum Gasteiger partial charge on any atom is -0.481 e. The van der Waals surface area contributed by atoms with Gasteiger partial charge in [0.2, 0.25) is 5.91 Å². The van der Waals surface area contributed by atoms with Gasteiger partial charge in [0.05, 0.1) is 5.92 Å². The van der Waals surface area contributed by atoms with Crippen LogP contribution in [0.4, 0.5) is 4.79 Å². The summed E-state index contributed by atoms with van der Waals surface area (Å²) in [6.45, 7) is 3.88. The van der Waals surface area contributed by atoms with E-state index in [0.717, 1.165) is 11.1 Å². The number of carbonyl (C=O) groups excluding carboxylic acids is 2. The van der Waals surface area contributed by atoms with Crippen molar-refractivity contribution < 1.29 is 24.2 Å². The smallest absolute Gasteiger partial charge is 0.407 e. The van der Waals surface area contributed by atoms with E-state index in [1.807, 2.05) is 24.3 Å². The number of alkyl carbamates (subject to hydrolysis) is 1. The fourth-order valence-electron chi connectivity index (χ4n) is 3.69. The SMILES string of the molecule is C/C(=C\CNC(=O)OCC1c2ccccc2-c2ccccc21)C(=O)NCCC(C)C(=O)O. The number of carboxylic acid groups (broad SMARTS) is 1. The summed E-state index contributed by atoms with van der Waals surface area (Å²) in [5.41, 5.74) is 5.06.